The number of halogens is 3. The zero-order valence-electron chi connectivity index (χ0n) is 10.4. The Hall–Kier alpha value is -1.60. The normalized spacial score (nSPS) is 11.6. The molecule has 0 spiro atoms. The zero-order chi connectivity index (χ0) is 14.6. The molecule has 0 fully saturated rings. The molecule has 2 aromatic heterocycles. The first-order valence-electron chi connectivity index (χ1n) is 5.85. The standard InChI is InChI=1S/C13H12F3N3S/c14-13(15,16)10-2-4-12(19-8-10)20-11-3-1-9(5-6-17)7-18-11/h1-4,7-8H,5-6,17H2. The molecule has 20 heavy (non-hydrogen) atoms. The van der Waals surface area contributed by atoms with E-state index >= 15 is 0 Å². The topological polar surface area (TPSA) is 51.8 Å². The van der Waals surface area contributed by atoms with Crippen LogP contribution >= 0.6 is 11.8 Å². The molecule has 106 valence electrons. The van der Waals surface area contributed by atoms with Crippen LogP contribution in [-0.2, 0) is 12.6 Å². The Morgan fingerprint density at radius 3 is 2.10 bits per heavy atom. The van der Waals surface area contributed by atoms with Gasteiger partial charge in [0.1, 0.15) is 10.1 Å². The third-order valence-corrected chi connectivity index (χ3v) is 3.40. The lowest BCUT2D eigenvalue weighted by Gasteiger charge is -2.06. The molecule has 0 atom stereocenters. The lowest BCUT2D eigenvalue weighted by Crippen LogP contribution is -2.05. The molecular formula is C13H12F3N3S. The summed E-state index contributed by atoms with van der Waals surface area (Å²) in [4.78, 5) is 7.99. The number of hydrogen-bond donors (Lipinski definition) is 1. The minimum Gasteiger partial charge on any atom is -0.330 e. The lowest BCUT2D eigenvalue weighted by atomic mass is 10.2. The summed E-state index contributed by atoms with van der Waals surface area (Å²) < 4.78 is 37.2. The van der Waals surface area contributed by atoms with Crippen LogP contribution in [0, 0.1) is 0 Å². The largest absolute Gasteiger partial charge is 0.417 e. The number of aromatic nitrogens is 2. The molecular weight excluding hydrogens is 287 g/mol. The summed E-state index contributed by atoms with van der Waals surface area (Å²) in [6.07, 6.45) is -1.08. The van der Waals surface area contributed by atoms with Crippen LogP contribution in [-0.4, -0.2) is 16.5 Å². The van der Waals surface area contributed by atoms with Gasteiger partial charge in [0, 0.05) is 12.4 Å². The van der Waals surface area contributed by atoms with E-state index in [1.807, 2.05) is 6.07 Å². The van der Waals surface area contributed by atoms with Gasteiger partial charge < -0.3 is 5.73 Å². The predicted octanol–water partition coefficient (Wildman–Crippen LogP) is 3.15. The van der Waals surface area contributed by atoms with Gasteiger partial charge in [0.05, 0.1) is 5.56 Å². The SMILES string of the molecule is NCCc1ccc(Sc2ccc(C(F)(F)F)cn2)nc1. The molecule has 2 N–H and O–H groups in total. The average molecular weight is 299 g/mol. The number of nitrogens with zero attached hydrogens (tertiary/aromatic N) is 2. The molecule has 0 unspecified atom stereocenters. The maximum atomic E-state index is 12.4. The van der Waals surface area contributed by atoms with E-state index in [-0.39, 0.29) is 0 Å². The molecule has 0 radical (unpaired) electrons. The fraction of sp³-hybridized carbons (Fsp3) is 0.231. The van der Waals surface area contributed by atoms with Gasteiger partial charge in [-0.3, -0.25) is 0 Å². The van der Waals surface area contributed by atoms with Crippen LogP contribution in [0.5, 0.6) is 0 Å². The summed E-state index contributed by atoms with van der Waals surface area (Å²) in [5, 5.41) is 1.15. The Labute approximate surface area is 118 Å². The first kappa shape index (κ1) is 14.8. The summed E-state index contributed by atoms with van der Waals surface area (Å²) in [6, 6.07) is 6.04. The third kappa shape index (κ3) is 3.94. The maximum absolute atomic E-state index is 12.4. The smallest absolute Gasteiger partial charge is 0.330 e. The molecule has 0 saturated heterocycles. The molecule has 2 rings (SSSR count). The van der Waals surface area contributed by atoms with Crippen molar-refractivity contribution >= 4 is 11.8 Å². The van der Waals surface area contributed by atoms with Crippen LogP contribution in [0.15, 0.2) is 46.7 Å². The van der Waals surface area contributed by atoms with E-state index in [4.69, 9.17) is 5.73 Å². The Balaban J connectivity index is 2.06. The van der Waals surface area contributed by atoms with Crippen LogP contribution < -0.4 is 5.73 Å². The summed E-state index contributed by atoms with van der Waals surface area (Å²) in [6.45, 7) is 0.550. The van der Waals surface area contributed by atoms with Crippen molar-refractivity contribution in [2.75, 3.05) is 6.54 Å². The van der Waals surface area contributed by atoms with Crippen molar-refractivity contribution in [2.24, 2.45) is 5.73 Å². The summed E-state index contributed by atoms with van der Waals surface area (Å²) in [7, 11) is 0. The van der Waals surface area contributed by atoms with Gasteiger partial charge in [-0.25, -0.2) is 9.97 Å². The van der Waals surface area contributed by atoms with Gasteiger partial charge in [0.15, 0.2) is 0 Å². The van der Waals surface area contributed by atoms with Crippen LogP contribution in [0.2, 0.25) is 0 Å². The first-order chi connectivity index (χ1) is 9.49. The highest BCUT2D eigenvalue weighted by atomic mass is 32.2. The monoisotopic (exact) mass is 299 g/mol. The van der Waals surface area contributed by atoms with E-state index < -0.39 is 11.7 Å². The molecule has 2 heterocycles. The van der Waals surface area contributed by atoms with Crippen molar-refractivity contribution in [3.05, 3.63) is 47.8 Å². The fourth-order valence-electron chi connectivity index (χ4n) is 1.50. The van der Waals surface area contributed by atoms with Crippen LogP contribution in [0.25, 0.3) is 0 Å². The molecule has 0 aliphatic heterocycles. The first-order valence-corrected chi connectivity index (χ1v) is 6.67. The number of pyridine rings is 2. The van der Waals surface area contributed by atoms with Gasteiger partial charge >= 0.3 is 6.18 Å². The zero-order valence-corrected chi connectivity index (χ0v) is 11.2. The van der Waals surface area contributed by atoms with Crippen molar-refractivity contribution in [3.63, 3.8) is 0 Å². The molecule has 0 bridgehead atoms. The minimum absolute atomic E-state index is 0.470. The third-order valence-electron chi connectivity index (χ3n) is 2.50. The molecule has 0 amide bonds. The van der Waals surface area contributed by atoms with Crippen LogP contribution in [0.1, 0.15) is 11.1 Å². The molecule has 0 aliphatic carbocycles. The molecule has 0 aliphatic rings. The van der Waals surface area contributed by atoms with Crippen molar-refractivity contribution in [1.29, 1.82) is 0 Å². The second-order valence-electron chi connectivity index (χ2n) is 4.03. The highest BCUT2D eigenvalue weighted by Crippen LogP contribution is 2.30. The summed E-state index contributed by atoms with van der Waals surface area (Å²) >= 11 is 1.21. The molecule has 3 nitrogen and oxygen atoms in total. The van der Waals surface area contributed by atoms with Crippen molar-refractivity contribution in [2.45, 2.75) is 22.6 Å². The Morgan fingerprint density at radius 2 is 1.65 bits per heavy atom. The van der Waals surface area contributed by atoms with E-state index in [1.165, 1.54) is 17.8 Å². The second kappa shape index (κ2) is 6.23. The van der Waals surface area contributed by atoms with Gasteiger partial charge in [-0.05, 0) is 36.7 Å². The van der Waals surface area contributed by atoms with Gasteiger partial charge in [0.25, 0.3) is 0 Å². The van der Waals surface area contributed by atoms with Gasteiger partial charge in [-0.2, -0.15) is 13.2 Å². The molecule has 0 aromatic carbocycles. The quantitative estimate of drug-likeness (QED) is 0.942. The minimum atomic E-state index is -4.36. The second-order valence-corrected chi connectivity index (χ2v) is 5.07. The molecule has 7 heteroatoms. The molecule has 2 aromatic rings. The highest BCUT2D eigenvalue weighted by molar-refractivity contribution is 7.99. The predicted molar refractivity (Wildman–Crippen MR) is 70.4 cm³/mol. The van der Waals surface area contributed by atoms with E-state index in [9.17, 15) is 13.2 Å². The molecule has 0 saturated carbocycles. The number of alkyl halides is 3. The van der Waals surface area contributed by atoms with Crippen LogP contribution in [0.4, 0.5) is 13.2 Å². The summed E-state index contributed by atoms with van der Waals surface area (Å²) in [5.74, 6) is 0. The average Bonchev–Trinajstić information content (AvgIpc) is 2.41. The van der Waals surface area contributed by atoms with Crippen molar-refractivity contribution in [3.8, 4) is 0 Å². The van der Waals surface area contributed by atoms with Gasteiger partial charge in [-0.1, -0.05) is 17.8 Å². The van der Waals surface area contributed by atoms with Crippen molar-refractivity contribution < 1.29 is 13.2 Å². The highest BCUT2D eigenvalue weighted by Gasteiger charge is 2.30. The Bertz CT molecular complexity index is 553. The van der Waals surface area contributed by atoms with E-state index in [2.05, 4.69) is 9.97 Å². The van der Waals surface area contributed by atoms with E-state index in [0.717, 1.165) is 24.2 Å². The van der Waals surface area contributed by atoms with E-state index in [0.29, 0.717) is 16.6 Å². The van der Waals surface area contributed by atoms with E-state index in [1.54, 1.807) is 12.3 Å². The Morgan fingerprint density at radius 1 is 1.00 bits per heavy atom. The Kier molecular flexibility index (Phi) is 4.61. The van der Waals surface area contributed by atoms with Crippen LogP contribution in [0.3, 0.4) is 0 Å². The number of nitrogens with two attached hydrogens (primary N) is 1. The number of hydrogen-bond acceptors (Lipinski definition) is 4. The van der Waals surface area contributed by atoms with Gasteiger partial charge in [-0.15, -0.1) is 0 Å². The maximum Gasteiger partial charge on any atom is 0.417 e. The van der Waals surface area contributed by atoms with Crippen molar-refractivity contribution in [1.82, 2.24) is 9.97 Å². The summed E-state index contributed by atoms with van der Waals surface area (Å²) in [5.41, 5.74) is 5.71. The van der Waals surface area contributed by atoms with Gasteiger partial charge in [0.2, 0.25) is 0 Å². The fourth-order valence-corrected chi connectivity index (χ4v) is 2.20. The number of rotatable bonds is 4. The lowest BCUT2D eigenvalue weighted by molar-refractivity contribution is -0.137.